The lowest BCUT2D eigenvalue weighted by molar-refractivity contribution is 0.259. The predicted octanol–water partition coefficient (Wildman–Crippen LogP) is 3.20. The van der Waals surface area contributed by atoms with Crippen LogP contribution in [0.5, 0.6) is 0 Å². The quantitative estimate of drug-likeness (QED) is 0.872. The lowest BCUT2D eigenvalue weighted by atomic mass is 10.1. The molecule has 2 amide bonds. The van der Waals surface area contributed by atoms with Crippen LogP contribution >= 0.6 is 11.6 Å². The maximum absolute atomic E-state index is 10.7. The first-order valence-corrected chi connectivity index (χ1v) is 5.73. The summed E-state index contributed by atoms with van der Waals surface area (Å²) in [5.41, 5.74) is 8.40. The smallest absolute Gasteiger partial charge is 0.316 e. The van der Waals surface area contributed by atoms with Crippen LogP contribution in [-0.4, -0.2) is 11.0 Å². The van der Waals surface area contributed by atoms with Gasteiger partial charge in [0.2, 0.25) is 0 Å². The van der Waals surface area contributed by atoms with E-state index >= 15 is 0 Å². The monoisotopic (exact) mass is 261 g/mol. The Labute approximate surface area is 110 Å². The van der Waals surface area contributed by atoms with Crippen LogP contribution in [0.15, 0.2) is 36.5 Å². The number of nitrogens with two attached hydrogens (primary N) is 1. The molecule has 5 heteroatoms. The molecule has 0 aliphatic heterocycles. The minimum Gasteiger partial charge on any atom is -0.351 e. The van der Waals surface area contributed by atoms with Crippen molar-refractivity contribution in [2.45, 2.75) is 6.92 Å². The second-order valence-electron chi connectivity index (χ2n) is 3.89. The molecule has 2 aromatic rings. The first-order valence-electron chi connectivity index (χ1n) is 5.35. The number of aryl methyl sites for hydroxylation is 1. The lowest BCUT2D eigenvalue weighted by Crippen LogP contribution is -2.19. The van der Waals surface area contributed by atoms with E-state index in [1.165, 1.54) is 0 Å². The molecule has 0 radical (unpaired) electrons. The van der Waals surface area contributed by atoms with Gasteiger partial charge in [0, 0.05) is 10.6 Å². The van der Waals surface area contributed by atoms with Gasteiger partial charge in [-0.2, -0.15) is 0 Å². The molecule has 1 aromatic heterocycles. The van der Waals surface area contributed by atoms with Crippen molar-refractivity contribution in [3.05, 3.63) is 47.1 Å². The summed E-state index contributed by atoms with van der Waals surface area (Å²) in [6.07, 6.45) is 1.57. The topological polar surface area (TPSA) is 68.0 Å². The number of halogens is 1. The molecular formula is C13H12ClN3O. The van der Waals surface area contributed by atoms with E-state index in [2.05, 4.69) is 10.3 Å². The van der Waals surface area contributed by atoms with E-state index in [0.717, 1.165) is 16.8 Å². The highest BCUT2D eigenvalue weighted by Crippen LogP contribution is 2.24. The van der Waals surface area contributed by atoms with Crippen molar-refractivity contribution < 1.29 is 4.79 Å². The van der Waals surface area contributed by atoms with Gasteiger partial charge < -0.3 is 11.1 Å². The Balaban J connectivity index is 2.35. The molecule has 2 rings (SSSR count). The maximum atomic E-state index is 10.7. The molecule has 92 valence electrons. The van der Waals surface area contributed by atoms with Crippen LogP contribution in [0.4, 0.5) is 10.5 Å². The average molecular weight is 262 g/mol. The highest BCUT2D eigenvalue weighted by Gasteiger charge is 2.05. The molecule has 0 saturated heterocycles. The molecule has 3 N–H and O–H groups in total. The van der Waals surface area contributed by atoms with Crippen LogP contribution < -0.4 is 11.1 Å². The van der Waals surface area contributed by atoms with Crippen molar-refractivity contribution in [1.29, 1.82) is 0 Å². The molecule has 1 aromatic carbocycles. The number of anilines is 1. The fourth-order valence-corrected chi connectivity index (χ4v) is 1.82. The van der Waals surface area contributed by atoms with Gasteiger partial charge in [0.25, 0.3) is 0 Å². The SMILES string of the molecule is Cc1cc(NC(N)=O)cnc1-c1ccc(Cl)cc1. The number of hydrogen-bond donors (Lipinski definition) is 2. The van der Waals surface area contributed by atoms with Crippen molar-refractivity contribution >= 4 is 23.3 Å². The molecule has 0 aliphatic rings. The molecule has 0 bridgehead atoms. The van der Waals surface area contributed by atoms with Gasteiger partial charge >= 0.3 is 6.03 Å². The largest absolute Gasteiger partial charge is 0.351 e. The van der Waals surface area contributed by atoms with E-state index in [-0.39, 0.29) is 0 Å². The lowest BCUT2D eigenvalue weighted by Gasteiger charge is -2.08. The van der Waals surface area contributed by atoms with E-state index < -0.39 is 6.03 Å². The fraction of sp³-hybridized carbons (Fsp3) is 0.0769. The van der Waals surface area contributed by atoms with E-state index in [4.69, 9.17) is 17.3 Å². The summed E-state index contributed by atoms with van der Waals surface area (Å²) in [6, 6.07) is 8.65. The third-order valence-corrected chi connectivity index (χ3v) is 2.72. The van der Waals surface area contributed by atoms with Crippen LogP contribution in [0.1, 0.15) is 5.56 Å². The van der Waals surface area contributed by atoms with E-state index in [9.17, 15) is 4.79 Å². The number of carbonyl (C=O) groups excluding carboxylic acids is 1. The van der Waals surface area contributed by atoms with Gasteiger partial charge in [-0.15, -0.1) is 0 Å². The van der Waals surface area contributed by atoms with Crippen molar-refractivity contribution in [2.75, 3.05) is 5.32 Å². The van der Waals surface area contributed by atoms with E-state index in [1.807, 2.05) is 37.3 Å². The van der Waals surface area contributed by atoms with Crippen molar-refractivity contribution in [2.24, 2.45) is 5.73 Å². The van der Waals surface area contributed by atoms with Crippen molar-refractivity contribution in [3.63, 3.8) is 0 Å². The number of pyridine rings is 1. The normalized spacial score (nSPS) is 10.1. The first kappa shape index (κ1) is 12.4. The number of rotatable bonds is 2. The van der Waals surface area contributed by atoms with Crippen LogP contribution in [0.25, 0.3) is 11.3 Å². The number of primary amides is 1. The molecule has 18 heavy (non-hydrogen) atoms. The third-order valence-electron chi connectivity index (χ3n) is 2.46. The molecule has 0 unspecified atom stereocenters. The molecule has 0 fully saturated rings. The zero-order valence-electron chi connectivity index (χ0n) is 9.77. The second kappa shape index (κ2) is 5.06. The highest BCUT2D eigenvalue weighted by atomic mass is 35.5. The van der Waals surface area contributed by atoms with Gasteiger partial charge in [0.05, 0.1) is 17.6 Å². The summed E-state index contributed by atoms with van der Waals surface area (Å²) in [7, 11) is 0. The van der Waals surface area contributed by atoms with Gasteiger partial charge in [-0.25, -0.2) is 4.79 Å². The number of aromatic nitrogens is 1. The Kier molecular flexibility index (Phi) is 3.48. The number of benzene rings is 1. The minimum atomic E-state index is -0.601. The highest BCUT2D eigenvalue weighted by molar-refractivity contribution is 6.30. The zero-order valence-corrected chi connectivity index (χ0v) is 10.5. The molecule has 0 atom stereocenters. The summed E-state index contributed by atoms with van der Waals surface area (Å²) >= 11 is 5.84. The van der Waals surface area contributed by atoms with E-state index in [0.29, 0.717) is 10.7 Å². The molecular weight excluding hydrogens is 250 g/mol. The Bertz CT molecular complexity index is 581. The average Bonchev–Trinajstić information content (AvgIpc) is 2.30. The van der Waals surface area contributed by atoms with Crippen LogP contribution in [-0.2, 0) is 0 Å². The summed E-state index contributed by atoms with van der Waals surface area (Å²) in [4.78, 5) is 15.1. The Morgan fingerprint density at radius 1 is 1.33 bits per heavy atom. The van der Waals surface area contributed by atoms with Gasteiger partial charge in [0.1, 0.15) is 0 Å². The van der Waals surface area contributed by atoms with Gasteiger partial charge in [-0.1, -0.05) is 23.7 Å². The number of amides is 2. The van der Waals surface area contributed by atoms with Crippen LogP contribution in [0.2, 0.25) is 5.02 Å². The van der Waals surface area contributed by atoms with Crippen molar-refractivity contribution in [3.8, 4) is 11.3 Å². The Hall–Kier alpha value is -2.07. The standard InChI is InChI=1S/C13H12ClN3O/c1-8-6-11(17-13(15)18)7-16-12(8)9-2-4-10(14)5-3-9/h2-7H,1H3,(H3,15,17,18). The van der Waals surface area contributed by atoms with E-state index in [1.54, 1.807) is 6.20 Å². The molecule has 4 nitrogen and oxygen atoms in total. The number of hydrogen-bond acceptors (Lipinski definition) is 2. The zero-order chi connectivity index (χ0) is 13.1. The Morgan fingerprint density at radius 3 is 2.56 bits per heavy atom. The fourth-order valence-electron chi connectivity index (χ4n) is 1.70. The minimum absolute atomic E-state index is 0.581. The van der Waals surface area contributed by atoms with Gasteiger partial charge in [-0.3, -0.25) is 4.98 Å². The van der Waals surface area contributed by atoms with Crippen LogP contribution in [0.3, 0.4) is 0 Å². The molecule has 0 aliphatic carbocycles. The first-order chi connectivity index (χ1) is 8.56. The predicted molar refractivity (Wildman–Crippen MR) is 72.6 cm³/mol. The molecule has 0 saturated carbocycles. The summed E-state index contributed by atoms with van der Waals surface area (Å²) in [6.45, 7) is 1.92. The number of nitrogens with one attached hydrogen (secondary N) is 1. The molecule has 1 heterocycles. The number of nitrogens with zero attached hydrogens (tertiary/aromatic N) is 1. The third kappa shape index (κ3) is 2.78. The van der Waals surface area contributed by atoms with Gasteiger partial charge in [0.15, 0.2) is 0 Å². The van der Waals surface area contributed by atoms with Crippen molar-refractivity contribution in [1.82, 2.24) is 4.98 Å². The van der Waals surface area contributed by atoms with Gasteiger partial charge in [-0.05, 0) is 30.7 Å². The van der Waals surface area contributed by atoms with Crippen LogP contribution in [0, 0.1) is 6.92 Å². The second-order valence-corrected chi connectivity index (χ2v) is 4.32. The number of carbonyl (C=O) groups is 1. The maximum Gasteiger partial charge on any atom is 0.316 e. The Morgan fingerprint density at radius 2 is 2.00 bits per heavy atom. The summed E-state index contributed by atoms with van der Waals surface area (Å²) in [5, 5.41) is 3.17. The summed E-state index contributed by atoms with van der Waals surface area (Å²) in [5.74, 6) is 0. The molecule has 0 spiro atoms. The summed E-state index contributed by atoms with van der Waals surface area (Å²) < 4.78 is 0. The number of urea groups is 1.